The number of para-hydroxylation sites is 2. The summed E-state index contributed by atoms with van der Waals surface area (Å²) in [4.78, 5) is 46.0. The molecule has 2 N–H and O–H groups in total. The number of hydrogen-bond acceptors (Lipinski definition) is 6. The lowest BCUT2D eigenvalue weighted by Gasteiger charge is -2.16. The summed E-state index contributed by atoms with van der Waals surface area (Å²) < 4.78 is 0. The van der Waals surface area contributed by atoms with Crippen LogP contribution in [0.15, 0.2) is 42.5 Å². The van der Waals surface area contributed by atoms with E-state index in [0.717, 1.165) is 6.07 Å². The second kappa shape index (κ2) is 5.47. The molecule has 120 valence electrons. The van der Waals surface area contributed by atoms with Crippen molar-refractivity contribution in [2.45, 2.75) is 0 Å². The predicted molar refractivity (Wildman–Crippen MR) is 80.6 cm³/mol. The average molecular weight is 327 g/mol. The summed E-state index contributed by atoms with van der Waals surface area (Å²) >= 11 is 0. The number of rotatable bonds is 4. The Morgan fingerprint density at radius 2 is 1.75 bits per heavy atom. The van der Waals surface area contributed by atoms with Crippen molar-refractivity contribution in [3.63, 3.8) is 0 Å². The number of amides is 2. The van der Waals surface area contributed by atoms with Crippen LogP contribution in [0.25, 0.3) is 0 Å². The van der Waals surface area contributed by atoms with Crippen molar-refractivity contribution in [3.05, 3.63) is 69.3 Å². The van der Waals surface area contributed by atoms with Gasteiger partial charge in [-0.05, 0) is 24.3 Å². The molecule has 0 aromatic heterocycles. The number of carboxylic acids is 1. The summed E-state index contributed by atoms with van der Waals surface area (Å²) in [5, 5.41) is 20.6. The summed E-state index contributed by atoms with van der Waals surface area (Å²) in [5.74, 6) is -2.73. The molecular formula is C15H9N3O6. The number of nitro groups is 1. The molecule has 0 radical (unpaired) electrons. The van der Waals surface area contributed by atoms with E-state index in [-0.39, 0.29) is 28.1 Å². The summed E-state index contributed by atoms with van der Waals surface area (Å²) in [5.41, 5.74) is 1.90. The van der Waals surface area contributed by atoms with Crippen LogP contribution in [0.2, 0.25) is 0 Å². The van der Waals surface area contributed by atoms with Gasteiger partial charge in [-0.3, -0.25) is 25.1 Å². The predicted octanol–water partition coefficient (Wildman–Crippen LogP) is 1.92. The maximum absolute atomic E-state index is 12.3. The Labute approximate surface area is 134 Å². The molecule has 9 heteroatoms. The number of aromatic carboxylic acids is 1. The highest BCUT2D eigenvalue weighted by Gasteiger charge is 2.37. The van der Waals surface area contributed by atoms with Gasteiger partial charge in [0.25, 0.3) is 17.5 Å². The number of hydrazine groups is 1. The number of imide groups is 1. The van der Waals surface area contributed by atoms with Crippen LogP contribution in [0, 0.1) is 10.1 Å². The number of fused-ring (bicyclic) bond motifs is 1. The van der Waals surface area contributed by atoms with Crippen molar-refractivity contribution in [2.24, 2.45) is 0 Å². The molecule has 1 heterocycles. The van der Waals surface area contributed by atoms with Crippen LogP contribution in [0.5, 0.6) is 0 Å². The number of hydrogen-bond donors (Lipinski definition) is 2. The molecule has 2 aromatic carbocycles. The summed E-state index contributed by atoms with van der Waals surface area (Å²) in [6.45, 7) is 0. The minimum atomic E-state index is -1.23. The number of carbonyl (C=O) groups is 3. The molecule has 0 saturated carbocycles. The summed E-state index contributed by atoms with van der Waals surface area (Å²) in [7, 11) is 0. The van der Waals surface area contributed by atoms with Gasteiger partial charge in [0.15, 0.2) is 0 Å². The van der Waals surface area contributed by atoms with Crippen molar-refractivity contribution < 1.29 is 24.4 Å². The summed E-state index contributed by atoms with van der Waals surface area (Å²) in [6, 6.07) is 9.08. The highest BCUT2D eigenvalue weighted by atomic mass is 16.6. The number of nitrogens with one attached hydrogen (secondary N) is 1. The van der Waals surface area contributed by atoms with Crippen LogP contribution in [-0.4, -0.2) is 32.8 Å². The molecule has 0 aliphatic carbocycles. The Kier molecular flexibility index (Phi) is 3.45. The zero-order valence-corrected chi connectivity index (χ0v) is 11.9. The van der Waals surface area contributed by atoms with Gasteiger partial charge < -0.3 is 5.11 Å². The minimum Gasteiger partial charge on any atom is -0.478 e. The molecule has 0 atom stereocenters. The highest BCUT2D eigenvalue weighted by Crippen LogP contribution is 2.28. The van der Waals surface area contributed by atoms with E-state index in [2.05, 4.69) is 5.43 Å². The summed E-state index contributed by atoms with van der Waals surface area (Å²) in [6.07, 6.45) is 0. The molecule has 0 unspecified atom stereocenters. The average Bonchev–Trinajstić information content (AvgIpc) is 2.79. The van der Waals surface area contributed by atoms with Gasteiger partial charge in [0.1, 0.15) is 5.69 Å². The Balaban J connectivity index is 1.97. The first-order chi connectivity index (χ1) is 11.4. The first-order valence-electron chi connectivity index (χ1n) is 6.66. The van der Waals surface area contributed by atoms with Gasteiger partial charge in [-0.25, -0.2) is 4.79 Å². The molecule has 3 rings (SSSR count). The topological polar surface area (TPSA) is 130 Å². The van der Waals surface area contributed by atoms with E-state index in [1.165, 1.54) is 36.4 Å². The molecule has 2 aromatic rings. The van der Waals surface area contributed by atoms with Crippen molar-refractivity contribution in [1.82, 2.24) is 5.01 Å². The molecule has 2 amide bonds. The van der Waals surface area contributed by atoms with Crippen molar-refractivity contribution in [3.8, 4) is 0 Å². The fourth-order valence-electron chi connectivity index (χ4n) is 2.32. The molecule has 1 aliphatic rings. The third kappa shape index (κ3) is 2.33. The molecule has 0 spiro atoms. The van der Waals surface area contributed by atoms with Gasteiger partial charge in [-0.2, -0.15) is 5.01 Å². The van der Waals surface area contributed by atoms with Crippen LogP contribution in [0.1, 0.15) is 31.1 Å². The Morgan fingerprint density at radius 3 is 2.42 bits per heavy atom. The first kappa shape index (κ1) is 15.2. The maximum Gasteiger partial charge on any atom is 0.335 e. The Bertz CT molecular complexity index is 908. The number of anilines is 1. The van der Waals surface area contributed by atoms with Gasteiger partial charge in [0.05, 0.1) is 21.6 Å². The molecule has 0 fully saturated rings. The van der Waals surface area contributed by atoms with Crippen LogP contribution in [0.3, 0.4) is 0 Å². The number of benzene rings is 2. The second-order valence-corrected chi connectivity index (χ2v) is 4.90. The van der Waals surface area contributed by atoms with Crippen molar-refractivity contribution in [2.75, 3.05) is 5.43 Å². The van der Waals surface area contributed by atoms with E-state index in [1.54, 1.807) is 0 Å². The smallest absolute Gasteiger partial charge is 0.335 e. The maximum atomic E-state index is 12.3. The number of carboxylic acid groups (broad SMARTS) is 1. The third-order valence-electron chi connectivity index (χ3n) is 3.47. The second-order valence-electron chi connectivity index (χ2n) is 4.90. The van der Waals surface area contributed by atoms with Crippen LogP contribution in [0.4, 0.5) is 11.4 Å². The number of nitro benzene ring substituents is 1. The van der Waals surface area contributed by atoms with Gasteiger partial charge in [0, 0.05) is 6.07 Å². The largest absolute Gasteiger partial charge is 0.478 e. The SMILES string of the molecule is O=C(O)c1ccc2c(c1)C(=O)N(Nc1ccccc1[N+](=O)[O-])C2=O. The van der Waals surface area contributed by atoms with E-state index in [0.29, 0.717) is 5.01 Å². The fourth-order valence-corrected chi connectivity index (χ4v) is 2.32. The zero-order chi connectivity index (χ0) is 17.4. The molecule has 9 nitrogen and oxygen atoms in total. The normalized spacial score (nSPS) is 12.9. The van der Waals surface area contributed by atoms with E-state index in [4.69, 9.17) is 5.11 Å². The lowest BCUT2D eigenvalue weighted by molar-refractivity contribution is -0.384. The quantitative estimate of drug-likeness (QED) is 0.498. The molecule has 24 heavy (non-hydrogen) atoms. The Morgan fingerprint density at radius 1 is 1.08 bits per heavy atom. The van der Waals surface area contributed by atoms with Crippen LogP contribution >= 0.6 is 0 Å². The monoisotopic (exact) mass is 327 g/mol. The lowest BCUT2D eigenvalue weighted by Crippen LogP contribution is -2.35. The third-order valence-corrected chi connectivity index (χ3v) is 3.47. The first-order valence-corrected chi connectivity index (χ1v) is 6.66. The van der Waals surface area contributed by atoms with Gasteiger partial charge >= 0.3 is 5.97 Å². The number of carbonyl (C=O) groups excluding carboxylic acids is 2. The lowest BCUT2D eigenvalue weighted by atomic mass is 10.1. The van der Waals surface area contributed by atoms with E-state index in [1.807, 2.05) is 0 Å². The van der Waals surface area contributed by atoms with Gasteiger partial charge in [-0.1, -0.05) is 12.1 Å². The van der Waals surface area contributed by atoms with E-state index < -0.39 is 22.7 Å². The highest BCUT2D eigenvalue weighted by molar-refractivity contribution is 6.22. The number of nitrogens with zero attached hydrogens (tertiary/aromatic N) is 2. The van der Waals surface area contributed by atoms with Gasteiger partial charge in [-0.15, -0.1) is 0 Å². The van der Waals surface area contributed by atoms with Gasteiger partial charge in [0.2, 0.25) is 0 Å². The van der Waals surface area contributed by atoms with Crippen LogP contribution < -0.4 is 5.43 Å². The van der Waals surface area contributed by atoms with Crippen molar-refractivity contribution >= 4 is 29.2 Å². The zero-order valence-electron chi connectivity index (χ0n) is 11.9. The van der Waals surface area contributed by atoms with Crippen molar-refractivity contribution in [1.29, 1.82) is 0 Å². The van der Waals surface area contributed by atoms with E-state index in [9.17, 15) is 24.5 Å². The minimum absolute atomic E-state index is 0.0242. The standard InChI is InChI=1S/C15H9N3O6/c19-13-9-6-5-8(15(21)22)7-10(9)14(20)17(13)16-11-3-1-2-4-12(11)18(23)24/h1-7,16H,(H,21,22). The van der Waals surface area contributed by atoms with Crippen LogP contribution in [-0.2, 0) is 0 Å². The molecule has 1 aliphatic heterocycles. The molecular weight excluding hydrogens is 318 g/mol. The fraction of sp³-hybridized carbons (Fsp3) is 0. The van der Waals surface area contributed by atoms with E-state index >= 15 is 0 Å². The molecule has 0 saturated heterocycles. The molecule has 0 bridgehead atoms. The Hall–Kier alpha value is -3.75.